The van der Waals surface area contributed by atoms with Crippen LogP contribution in [-0.4, -0.2) is 89.9 Å². The molecule has 2 aromatic heterocycles. The first-order valence-electron chi connectivity index (χ1n) is 13.8. The molecule has 1 atom stereocenters. The van der Waals surface area contributed by atoms with Crippen LogP contribution in [0.4, 0.5) is 15.8 Å². The van der Waals surface area contributed by atoms with Gasteiger partial charge in [-0.05, 0) is 51.1 Å². The van der Waals surface area contributed by atoms with Gasteiger partial charge in [0.15, 0.2) is 0 Å². The Morgan fingerprint density at radius 3 is 2.77 bits per heavy atom. The van der Waals surface area contributed by atoms with Gasteiger partial charge in [-0.25, -0.2) is 9.37 Å². The number of halogens is 1. The van der Waals surface area contributed by atoms with E-state index < -0.39 is 0 Å². The Balaban J connectivity index is 1.37. The Morgan fingerprint density at radius 2 is 2.05 bits per heavy atom. The lowest BCUT2D eigenvalue weighted by Crippen LogP contribution is -2.49. The number of nitrogens with one attached hydrogen (secondary N) is 1. The third-order valence-corrected chi connectivity index (χ3v) is 8.43. The SMILES string of the molecule is C=CC(=O)N1CCN(c2c(C#N)c(OCC3CCCN3C)nc3c2CCN(c2c(F)ccc4[nH]ncc24)C3)CC1. The number of ether oxygens (including phenoxy) is 1. The van der Waals surface area contributed by atoms with Crippen molar-refractivity contribution in [3.63, 3.8) is 0 Å². The second-order valence-corrected chi connectivity index (χ2v) is 10.7. The predicted octanol–water partition coefficient (Wildman–Crippen LogP) is 2.84. The van der Waals surface area contributed by atoms with E-state index >= 15 is 4.39 Å². The molecule has 0 spiro atoms. The van der Waals surface area contributed by atoms with Crippen molar-refractivity contribution < 1.29 is 13.9 Å². The molecule has 0 saturated carbocycles. The van der Waals surface area contributed by atoms with Gasteiger partial charge in [0.25, 0.3) is 0 Å². The van der Waals surface area contributed by atoms with E-state index in [1.54, 1.807) is 17.2 Å². The van der Waals surface area contributed by atoms with Crippen LogP contribution >= 0.6 is 0 Å². The fraction of sp³-hybridized carbons (Fsp3) is 0.448. The fourth-order valence-corrected chi connectivity index (χ4v) is 6.22. The number of aromatic amines is 1. The lowest BCUT2D eigenvalue weighted by atomic mass is 9.97. The number of fused-ring (bicyclic) bond motifs is 2. The van der Waals surface area contributed by atoms with E-state index in [9.17, 15) is 10.1 Å². The summed E-state index contributed by atoms with van der Waals surface area (Å²) in [5.41, 5.74) is 4.29. The lowest BCUT2D eigenvalue weighted by Gasteiger charge is -2.39. The number of likely N-dealkylation sites (tertiary alicyclic amines) is 1. The molecule has 0 radical (unpaired) electrons. The zero-order chi connectivity index (χ0) is 27.8. The molecule has 3 aliphatic rings. The second kappa shape index (κ2) is 10.8. The number of rotatable bonds is 6. The lowest BCUT2D eigenvalue weighted by molar-refractivity contribution is -0.126. The number of likely N-dealkylation sites (N-methyl/N-ethyl adjacent to an activating group) is 1. The topological polar surface area (TPSA) is 105 Å². The molecule has 2 fully saturated rings. The summed E-state index contributed by atoms with van der Waals surface area (Å²) in [6, 6.07) is 5.81. The van der Waals surface area contributed by atoms with Gasteiger partial charge >= 0.3 is 0 Å². The van der Waals surface area contributed by atoms with Crippen LogP contribution in [0.5, 0.6) is 5.88 Å². The van der Waals surface area contributed by atoms with Crippen LogP contribution in [0.15, 0.2) is 31.0 Å². The minimum atomic E-state index is -0.310. The van der Waals surface area contributed by atoms with Crippen LogP contribution in [0, 0.1) is 17.1 Å². The summed E-state index contributed by atoms with van der Waals surface area (Å²) in [7, 11) is 2.09. The van der Waals surface area contributed by atoms with Crippen molar-refractivity contribution in [2.45, 2.75) is 31.8 Å². The molecule has 6 rings (SSSR count). The van der Waals surface area contributed by atoms with Gasteiger partial charge in [-0.15, -0.1) is 0 Å². The van der Waals surface area contributed by atoms with Crippen molar-refractivity contribution in [3.8, 4) is 11.9 Å². The average molecular weight is 545 g/mol. The number of H-pyrrole nitrogens is 1. The molecule has 3 aromatic rings. The number of amides is 1. The van der Waals surface area contributed by atoms with E-state index in [1.807, 2.05) is 4.90 Å². The van der Waals surface area contributed by atoms with Crippen molar-refractivity contribution in [3.05, 3.63) is 53.6 Å². The van der Waals surface area contributed by atoms with Crippen molar-refractivity contribution in [2.75, 3.05) is 62.7 Å². The zero-order valence-electron chi connectivity index (χ0n) is 22.7. The van der Waals surface area contributed by atoms with Gasteiger partial charge in [-0.3, -0.25) is 9.89 Å². The quantitative estimate of drug-likeness (QED) is 0.473. The molecule has 1 amide bonds. The van der Waals surface area contributed by atoms with Crippen LogP contribution in [0.25, 0.3) is 10.9 Å². The Kier molecular flexibility index (Phi) is 7.02. The molecule has 1 unspecified atom stereocenters. The monoisotopic (exact) mass is 544 g/mol. The highest BCUT2D eigenvalue weighted by atomic mass is 19.1. The number of piperazine rings is 1. The van der Waals surface area contributed by atoms with Crippen molar-refractivity contribution in [2.24, 2.45) is 0 Å². The maximum Gasteiger partial charge on any atom is 0.246 e. The molecule has 1 N–H and O–H groups in total. The van der Waals surface area contributed by atoms with E-state index in [4.69, 9.17) is 9.72 Å². The van der Waals surface area contributed by atoms with Gasteiger partial charge in [0, 0.05) is 49.7 Å². The van der Waals surface area contributed by atoms with Crippen LogP contribution in [0.1, 0.15) is 29.7 Å². The standard InChI is InChI=1S/C29H33FN8O2/c1-3-26(39)36-11-13-37(14-12-36)27-20-8-10-38(28-22-16-32-34-24(22)7-6-23(28)30)17-25(20)33-29(21(27)15-31)40-18-19-5-4-9-35(19)2/h3,6-7,16,19H,1,4-5,8-14,17-18H2,2H3,(H,32,34). The number of carbonyl (C=O) groups is 1. The number of aromatic nitrogens is 3. The number of nitrogens with zero attached hydrogens (tertiary/aromatic N) is 7. The van der Waals surface area contributed by atoms with E-state index in [-0.39, 0.29) is 17.8 Å². The van der Waals surface area contributed by atoms with Crippen LogP contribution in [0.3, 0.4) is 0 Å². The Labute approximate surface area is 232 Å². The van der Waals surface area contributed by atoms with E-state index in [0.717, 1.165) is 47.2 Å². The molecule has 5 heterocycles. The molecule has 208 valence electrons. The Morgan fingerprint density at radius 1 is 1.23 bits per heavy atom. The summed E-state index contributed by atoms with van der Waals surface area (Å²) in [5, 5.41) is 18.1. The highest BCUT2D eigenvalue weighted by molar-refractivity contribution is 5.92. The van der Waals surface area contributed by atoms with Gasteiger partial charge in [-0.2, -0.15) is 10.4 Å². The first-order chi connectivity index (χ1) is 19.5. The average Bonchev–Trinajstić information content (AvgIpc) is 3.63. The summed E-state index contributed by atoms with van der Waals surface area (Å²) in [6.45, 7) is 8.27. The normalized spacial score (nSPS) is 19.5. The van der Waals surface area contributed by atoms with E-state index in [2.05, 4.69) is 39.7 Å². The minimum absolute atomic E-state index is 0.0901. The number of benzene rings is 1. The molecule has 2 saturated heterocycles. The molecule has 11 heteroatoms. The van der Waals surface area contributed by atoms with Crippen molar-refractivity contribution >= 4 is 28.2 Å². The summed E-state index contributed by atoms with van der Waals surface area (Å²) in [6.07, 6.45) is 5.74. The van der Waals surface area contributed by atoms with E-state index in [1.165, 1.54) is 12.1 Å². The predicted molar refractivity (Wildman–Crippen MR) is 150 cm³/mol. The van der Waals surface area contributed by atoms with Gasteiger partial charge < -0.3 is 24.3 Å². The van der Waals surface area contributed by atoms with Gasteiger partial charge in [0.1, 0.15) is 24.1 Å². The second-order valence-electron chi connectivity index (χ2n) is 10.7. The number of hydrogen-bond donors (Lipinski definition) is 1. The first kappa shape index (κ1) is 26.1. The number of nitriles is 1. The molecule has 10 nitrogen and oxygen atoms in total. The number of carbonyl (C=O) groups excluding carboxylic acids is 1. The highest BCUT2D eigenvalue weighted by Crippen LogP contribution is 2.39. The zero-order valence-corrected chi connectivity index (χ0v) is 22.7. The summed E-state index contributed by atoms with van der Waals surface area (Å²) >= 11 is 0. The number of anilines is 2. The Hall–Kier alpha value is -4.17. The maximum absolute atomic E-state index is 15.2. The summed E-state index contributed by atoms with van der Waals surface area (Å²) in [5.74, 6) is -0.0762. The number of pyridine rings is 1. The summed E-state index contributed by atoms with van der Waals surface area (Å²) in [4.78, 5) is 25.3. The van der Waals surface area contributed by atoms with Gasteiger partial charge in [-0.1, -0.05) is 6.58 Å². The van der Waals surface area contributed by atoms with Crippen molar-refractivity contribution in [1.82, 2.24) is 25.0 Å². The molecule has 1 aromatic carbocycles. The minimum Gasteiger partial charge on any atom is -0.475 e. The molecule has 0 bridgehead atoms. The molecule has 0 aliphatic carbocycles. The largest absolute Gasteiger partial charge is 0.475 e. The molecular weight excluding hydrogens is 511 g/mol. The fourth-order valence-electron chi connectivity index (χ4n) is 6.22. The summed E-state index contributed by atoms with van der Waals surface area (Å²) < 4.78 is 21.5. The Bertz CT molecular complexity index is 1490. The third-order valence-electron chi connectivity index (χ3n) is 8.43. The first-order valence-corrected chi connectivity index (χ1v) is 13.8. The van der Waals surface area contributed by atoms with Crippen LogP contribution < -0.4 is 14.5 Å². The molecular formula is C29H33FN8O2. The number of hydrogen-bond acceptors (Lipinski definition) is 8. The maximum atomic E-state index is 15.2. The third kappa shape index (κ3) is 4.62. The van der Waals surface area contributed by atoms with Gasteiger partial charge in [0.2, 0.25) is 11.8 Å². The van der Waals surface area contributed by atoms with E-state index in [0.29, 0.717) is 69.4 Å². The van der Waals surface area contributed by atoms with Crippen LogP contribution in [-0.2, 0) is 17.8 Å². The molecule has 40 heavy (non-hydrogen) atoms. The van der Waals surface area contributed by atoms with Crippen LogP contribution in [0.2, 0.25) is 0 Å². The molecule has 3 aliphatic heterocycles. The van der Waals surface area contributed by atoms with Gasteiger partial charge in [0.05, 0.1) is 35.3 Å². The van der Waals surface area contributed by atoms with Crippen molar-refractivity contribution in [1.29, 1.82) is 5.26 Å². The highest BCUT2D eigenvalue weighted by Gasteiger charge is 2.32. The smallest absolute Gasteiger partial charge is 0.246 e.